The van der Waals surface area contributed by atoms with Gasteiger partial charge in [-0.3, -0.25) is 0 Å². The van der Waals surface area contributed by atoms with E-state index in [1.54, 1.807) is 0 Å². The van der Waals surface area contributed by atoms with Crippen molar-refractivity contribution < 1.29 is 0 Å². The predicted octanol–water partition coefficient (Wildman–Crippen LogP) is 2.18. The van der Waals surface area contributed by atoms with Gasteiger partial charge in [-0.25, -0.2) is 0 Å². The summed E-state index contributed by atoms with van der Waals surface area (Å²) in [5.41, 5.74) is 0.546. The Bertz CT molecular complexity index is 174. The lowest BCUT2D eigenvalue weighted by atomic mass is 9.70. The van der Waals surface area contributed by atoms with Crippen LogP contribution in [-0.2, 0) is 0 Å². The molecule has 1 atom stereocenters. The molecule has 0 aromatic heterocycles. The third-order valence-corrected chi connectivity index (χ3v) is 2.95. The van der Waals surface area contributed by atoms with Crippen molar-refractivity contribution in [2.45, 2.75) is 45.6 Å². The van der Waals surface area contributed by atoms with Crippen LogP contribution in [0.4, 0.5) is 0 Å². The van der Waals surface area contributed by atoms with Gasteiger partial charge in [-0.05, 0) is 24.7 Å². The van der Waals surface area contributed by atoms with Crippen LogP contribution in [0.5, 0.6) is 0 Å². The van der Waals surface area contributed by atoms with Crippen molar-refractivity contribution >= 4 is 0 Å². The zero-order valence-corrected chi connectivity index (χ0v) is 8.19. The smallest absolute Gasteiger partial charge is 0.0684 e. The van der Waals surface area contributed by atoms with Gasteiger partial charge in [0.25, 0.3) is 0 Å². The molecule has 0 aromatic rings. The molecule has 1 fully saturated rings. The summed E-state index contributed by atoms with van der Waals surface area (Å²) in [6.45, 7) is 5.56. The van der Waals surface area contributed by atoms with E-state index in [-0.39, 0.29) is 6.04 Å². The lowest BCUT2D eigenvalue weighted by molar-refractivity contribution is 0.154. The second-order valence-corrected chi connectivity index (χ2v) is 4.17. The molecule has 0 saturated heterocycles. The Morgan fingerprint density at radius 3 is 2.58 bits per heavy atom. The molecule has 12 heavy (non-hydrogen) atoms. The molecule has 0 amide bonds. The van der Waals surface area contributed by atoms with Crippen molar-refractivity contribution in [3.63, 3.8) is 0 Å². The highest BCUT2D eigenvalue weighted by Crippen LogP contribution is 2.39. The summed E-state index contributed by atoms with van der Waals surface area (Å²) in [4.78, 5) is 0. The number of nitrogens with one attached hydrogen (secondary N) is 1. The average Bonchev–Trinajstić information content (AvgIpc) is 2.03. The van der Waals surface area contributed by atoms with Gasteiger partial charge in [-0.1, -0.05) is 26.2 Å². The molecule has 0 spiro atoms. The topological polar surface area (TPSA) is 12.0 Å². The van der Waals surface area contributed by atoms with Crippen molar-refractivity contribution in [3.05, 3.63) is 0 Å². The monoisotopic (exact) mass is 165 g/mol. The Hall–Kier alpha value is -0.480. The van der Waals surface area contributed by atoms with Gasteiger partial charge in [-0.15, -0.1) is 6.42 Å². The first-order valence-corrected chi connectivity index (χ1v) is 4.90. The second kappa shape index (κ2) is 3.96. The molecule has 1 unspecified atom stereocenters. The minimum Gasteiger partial charge on any atom is -0.303 e. The quantitative estimate of drug-likeness (QED) is 0.630. The molecule has 1 nitrogen and oxygen atoms in total. The normalized spacial score (nSPS) is 22.4. The Kier molecular flexibility index (Phi) is 3.17. The van der Waals surface area contributed by atoms with Crippen LogP contribution in [0.1, 0.15) is 39.5 Å². The predicted molar refractivity (Wildman–Crippen MR) is 52.9 cm³/mol. The first-order chi connectivity index (χ1) is 5.70. The molecule has 0 radical (unpaired) electrons. The van der Waals surface area contributed by atoms with E-state index in [9.17, 15) is 0 Å². The van der Waals surface area contributed by atoms with Crippen LogP contribution in [0.3, 0.4) is 0 Å². The highest BCUT2D eigenvalue weighted by Gasteiger charge is 2.31. The summed E-state index contributed by atoms with van der Waals surface area (Å²) >= 11 is 0. The maximum Gasteiger partial charge on any atom is 0.0684 e. The van der Waals surface area contributed by atoms with Crippen LogP contribution in [0.25, 0.3) is 0 Å². The lowest BCUT2D eigenvalue weighted by Crippen LogP contribution is -2.41. The SMILES string of the molecule is C#CC(CC)NCC1(C)CCC1. The fraction of sp³-hybridized carbons (Fsp3) is 0.818. The molecule has 0 bridgehead atoms. The van der Waals surface area contributed by atoms with Gasteiger partial charge >= 0.3 is 0 Å². The molecular weight excluding hydrogens is 146 g/mol. The molecule has 1 aliphatic carbocycles. The van der Waals surface area contributed by atoms with Gasteiger partial charge in [0.15, 0.2) is 0 Å². The summed E-state index contributed by atoms with van der Waals surface area (Å²) in [7, 11) is 0. The third kappa shape index (κ3) is 2.25. The summed E-state index contributed by atoms with van der Waals surface area (Å²) < 4.78 is 0. The van der Waals surface area contributed by atoms with Crippen LogP contribution in [0, 0.1) is 17.8 Å². The summed E-state index contributed by atoms with van der Waals surface area (Å²) in [5, 5.41) is 3.43. The minimum absolute atomic E-state index is 0.280. The zero-order valence-electron chi connectivity index (χ0n) is 8.19. The molecular formula is C11H19N. The fourth-order valence-corrected chi connectivity index (χ4v) is 1.65. The van der Waals surface area contributed by atoms with Crippen molar-refractivity contribution in [3.8, 4) is 12.3 Å². The standard InChI is InChI=1S/C11H19N/c1-4-10(5-2)12-9-11(3)7-6-8-11/h1,10,12H,5-9H2,2-3H3. The number of hydrogen-bond acceptors (Lipinski definition) is 1. The maximum absolute atomic E-state index is 5.36. The van der Waals surface area contributed by atoms with E-state index in [0.29, 0.717) is 5.41 Å². The van der Waals surface area contributed by atoms with E-state index < -0.39 is 0 Å². The van der Waals surface area contributed by atoms with Crippen LogP contribution in [-0.4, -0.2) is 12.6 Å². The van der Waals surface area contributed by atoms with Gasteiger partial charge in [-0.2, -0.15) is 0 Å². The second-order valence-electron chi connectivity index (χ2n) is 4.17. The molecule has 1 N–H and O–H groups in total. The molecule has 0 heterocycles. The molecule has 1 saturated carbocycles. The Morgan fingerprint density at radius 2 is 2.25 bits per heavy atom. The van der Waals surface area contributed by atoms with E-state index in [0.717, 1.165) is 13.0 Å². The minimum atomic E-state index is 0.280. The van der Waals surface area contributed by atoms with Gasteiger partial charge in [0, 0.05) is 6.54 Å². The van der Waals surface area contributed by atoms with Crippen molar-refractivity contribution in [2.75, 3.05) is 6.54 Å². The highest BCUT2D eigenvalue weighted by molar-refractivity contribution is 4.99. The lowest BCUT2D eigenvalue weighted by Gasteiger charge is -2.39. The van der Waals surface area contributed by atoms with Crippen LogP contribution in [0.2, 0.25) is 0 Å². The molecule has 0 aromatic carbocycles. The molecule has 68 valence electrons. The van der Waals surface area contributed by atoms with E-state index in [4.69, 9.17) is 6.42 Å². The fourth-order valence-electron chi connectivity index (χ4n) is 1.65. The first-order valence-electron chi connectivity index (χ1n) is 4.90. The largest absolute Gasteiger partial charge is 0.303 e. The average molecular weight is 165 g/mol. The Balaban J connectivity index is 2.20. The summed E-state index contributed by atoms with van der Waals surface area (Å²) in [5.74, 6) is 2.76. The third-order valence-electron chi connectivity index (χ3n) is 2.95. The van der Waals surface area contributed by atoms with Gasteiger partial charge < -0.3 is 5.32 Å². The molecule has 1 aliphatic rings. The Morgan fingerprint density at radius 1 is 1.58 bits per heavy atom. The number of rotatable bonds is 4. The first kappa shape index (κ1) is 9.61. The van der Waals surface area contributed by atoms with Gasteiger partial charge in [0.2, 0.25) is 0 Å². The number of hydrogen-bond donors (Lipinski definition) is 1. The zero-order chi connectivity index (χ0) is 9.03. The molecule has 1 heteroatoms. The van der Waals surface area contributed by atoms with Crippen LogP contribution < -0.4 is 5.32 Å². The van der Waals surface area contributed by atoms with Crippen molar-refractivity contribution in [1.29, 1.82) is 0 Å². The van der Waals surface area contributed by atoms with E-state index >= 15 is 0 Å². The van der Waals surface area contributed by atoms with Crippen molar-refractivity contribution in [2.24, 2.45) is 5.41 Å². The van der Waals surface area contributed by atoms with E-state index in [1.807, 2.05) is 0 Å². The van der Waals surface area contributed by atoms with E-state index in [1.165, 1.54) is 19.3 Å². The van der Waals surface area contributed by atoms with Crippen LogP contribution >= 0.6 is 0 Å². The Labute approximate surface area is 75.9 Å². The molecule has 0 aliphatic heterocycles. The molecule has 1 rings (SSSR count). The maximum atomic E-state index is 5.36. The van der Waals surface area contributed by atoms with Crippen molar-refractivity contribution in [1.82, 2.24) is 5.32 Å². The van der Waals surface area contributed by atoms with Crippen LogP contribution in [0.15, 0.2) is 0 Å². The van der Waals surface area contributed by atoms with Gasteiger partial charge in [0.05, 0.1) is 6.04 Å². The van der Waals surface area contributed by atoms with E-state index in [2.05, 4.69) is 25.1 Å². The highest BCUT2D eigenvalue weighted by atomic mass is 14.9. The number of terminal acetylenes is 1. The van der Waals surface area contributed by atoms with Gasteiger partial charge in [0.1, 0.15) is 0 Å². The summed E-state index contributed by atoms with van der Waals surface area (Å²) in [6.07, 6.45) is 10.5. The summed E-state index contributed by atoms with van der Waals surface area (Å²) in [6, 6.07) is 0.280.